The van der Waals surface area contributed by atoms with Crippen LogP contribution in [0.1, 0.15) is 18.4 Å². The van der Waals surface area contributed by atoms with Gasteiger partial charge in [-0.25, -0.2) is 4.39 Å². The predicted octanol–water partition coefficient (Wildman–Crippen LogP) is 3.54. The van der Waals surface area contributed by atoms with Gasteiger partial charge in [-0.15, -0.1) is 0 Å². The van der Waals surface area contributed by atoms with Crippen molar-refractivity contribution in [3.05, 3.63) is 80.6 Å². The molecule has 0 amide bonds. The number of nitrogens with one attached hydrogen (secondary N) is 1. The first-order valence-corrected chi connectivity index (χ1v) is 10.8. The van der Waals surface area contributed by atoms with Gasteiger partial charge in [0.1, 0.15) is 11.4 Å². The van der Waals surface area contributed by atoms with E-state index in [0.29, 0.717) is 5.69 Å². The number of anilines is 2. The molecule has 2 heterocycles. The number of hydrogen-bond acceptors (Lipinski definition) is 6. The van der Waals surface area contributed by atoms with Crippen LogP contribution in [0.4, 0.5) is 15.8 Å². The van der Waals surface area contributed by atoms with Gasteiger partial charge in [-0.1, -0.05) is 18.2 Å². The summed E-state index contributed by atoms with van der Waals surface area (Å²) in [5.41, 5.74) is 7.36. The SMILES string of the molecule is Nc1ccc(F)c(-c2c(NC3CCN(CCc4coc5ccccc45)CC3)c(=O)c2=O)c1. The number of furan rings is 1. The Morgan fingerprint density at radius 1 is 1.09 bits per heavy atom. The largest absolute Gasteiger partial charge is 0.464 e. The zero-order chi connectivity index (χ0) is 22.2. The summed E-state index contributed by atoms with van der Waals surface area (Å²) in [5, 5.41) is 4.36. The molecule has 164 valence electrons. The molecule has 32 heavy (non-hydrogen) atoms. The highest BCUT2D eigenvalue weighted by atomic mass is 19.1. The molecule has 0 radical (unpaired) electrons. The molecule has 0 saturated carbocycles. The summed E-state index contributed by atoms with van der Waals surface area (Å²) in [4.78, 5) is 26.7. The van der Waals surface area contributed by atoms with Crippen molar-refractivity contribution in [3.63, 3.8) is 0 Å². The third-order valence-electron chi connectivity index (χ3n) is 6.36. The van der Waals surface area contributed by atoms with Gasteiger partial charge in [-0.05, 0) is 49.1 Å². The fourth-order valence-electron chi connectivity index (χ4n) is 4.53. The molecule has 1 saturated heterocycles. The van der Waals surface area contributed by atoms with Gasteiger partial charge in [0.25, 0.3) is 0 Å². The van der Waals surface area contributed by atoms with Crippen LogP contribution in [0, 0.1) is 5.82 Å². The molecule has 0 unspecified atom stereocenters. The number of nitrogen functional groups attached to an aromatic ring is 1. The minimum absolute atomic E-state index is 0.0622. The molecule has 0 atom stereocenters. The minimum Gasteiger partial charge on any atom is -0.464 e. The second kappa shape index (κ2) is 8.24. The van der Waals surface area contributed by atoms with E-state index >= 15 is 0 Å². The van der Waals surface area contributed by atoms with E-state index in [1.54, 1.807) is 0 Å². The van der Waals surface area contributed by atoms with Crippen LogP contribution in [0.2, 0.25) is 0 Å². The third-order valence-corrected chi connectivity index (χ3v) is 6.36. The van der Waals surface area contributed by atoms with Crippen molar-refractivity contribution in [1.29, 1.82) is 0 Å². The van der Waals surface area contributed by atoms with E-state index in [1.165, 1.54) is 23.8 Å². The number of likely N-dealkylation sites (tertiary alicyclic amines) is 1. The second-order valence-corrected chi connectivity index (χ2v) is 8.41. The number of fused-ring (bicyclic) bond motifs is 1. The number of para-hydroxylation sites is 1. The normalized spacial score (nSPS) is 15.5. The van der Waals surface area contributed by atoms with Crippen molar-refractivity contribution >= 4 is 22.3 Å². The van der Waals surface area contributed by atoms with E-state index in [-0.39, 0.29) is 22.9 Å². The third kappa shape index (κ3) is 3.69. The van der Waals surface area contributed by atoms with Gasteiger partial charge in [0.15, 0.2) is 0 Å². The number of nitrogens with two attached hydrogens (primary N) is 1. The lowest BCUT2D eigenvalue weighted by Gasteiger charge is -2.33. The van der Waals surface area contributed by atoms with Crippen LogP contribution in [0.3, 0.4) is 0 Å². The first-order valence-electron chi connectivity index (χ1n) is 10.8. The summed E-state index contributed by atoms with van der Waals surface area (Å²) >= 11 is 0. The van der Waals surface area contributed by atoms with E-state index < -0.39 is 16.7 Å². The number of hydrogen-bond donors (Lipinski definition) is 2. The van der Waals surface area contributed by atoms with Gasteiger partial charge in [-0.3, -0.25) is 9.59 Å². The first-order chi connectivity index (χ1) is 15.5. The monoisotopic (exact) mass is 433 g/mol. The molecule has 1 aliphatic heterocycles. The molecule has 6 nitrogen and oxygen atoms in total. The second-order valence-electron chi connectivity index (χ2n) is 8.41. The zero-order valence-electron chi connectivity index (χ0n) is 17.6. The van der Waals surface area contributed by atoms with Gasteiger partial charge in [0.05, 0.1) is 17.5 Å². The maximum absolute atomic E-state index is 14.2. The fraction of sp³-hybridized carbons (Fsp3) is 0.280. The van der Waals surface area contributed by atoms with Crippen LogP contribution in [0.5, 0.6) is 0 Å². The number of piperidine rings is 1. The molecule has 0 spiro atoms. The van der Waals surface area contributed by atoms with E-state index in [2.05, 4.69) is 16.3 Å². The topological polar surface area (TPSA) is 88.6 Å². The predicted molar refractivity (Wildman–Crippen MR) is 124 cm³/mol. The standard InChI is InChI=1S/C25H24FN3O3/c26-20-6-5-16(27)13-19(20)22-23(25(31)24(22)30)28-17-8-11-29(12-9-17)10-7-15-14-32-21-4-2-1-3-18(15)21/h1-6,13-14,17,28H,7-12,27H2. The molecule has 1 aromatic heterocycles. The Morgan fingerprint density at radius 3 is 2.69 bits per heavy atom. The van der Waals surface area contributed by atoms with Gasteiger partial charge < -0.3 is 20.4 Å². The summed E-state index contributed by atoms with van der Waals surface area (Å²) in [7, 11) is 0. The molecule has 1 fully saturated rings. The number of benzene rings is 2. The molecular weight excluding hydrogens is 409 g/mol. The fourth-order valence-corrected chi connectivity index (χ4v) is 4.53. The Kier molecular flexibility index (Phi) is 5.27. The van der Waals surface area contributed by atoms with Crippen molar-refractivity contribution in [2.75, 3.05) is 30.7 Å². The molecule has 5 rings (SSSR count). The average molecular weight is 433 g/mol. The Balaban J connectivity index is 1.21. The Bertz CT molecular complexity index is 1340. The summed E-state index contributed by atoms with van der Waals surface area (Å²) in [6.45, 7) is 2.69. The van der Waals surface area contributed by atoms with Gasteiger partial charge in [-0.2, -0.15) is 0 Å². The summed E-state index contributed by atoms with van der Waals surface area (Å²) in [6.07, 6.45) is 4.42. The smallest absolute Gasteiger partial charge is 0.250 e. The highest BCUT2D eigenvalue weighted by Crippen LogP contribution is 2.29. The van der Waals surface area contributed by atoms with E-state index in [4.69, 9.17) is 10.2 Å². The summed E-state index contributed by atoms with van der Waals surface area (Å²) < 4.78 is 19.9. The quantitative estimate of drug-likeness (QED) is 0.357. The molecule has 1 aliphatic rings. The van der Waals surface area contributed by atoms with E-state index in [1.807, 2.05) is 24.5 Å². The lowest BCUT2D eigenvalue weighted by Crippen LogP contribution is -2.44. The van der Waals surface area contributed by atoms with E-state index in [9.17, 15) is 14.0 Å². The van der Waals surface area contributed by atoms with E-state index in [0.717, 1.165) is 49.9 Å². The highest BCUT2D eigenvalue weighted by Gasteiger charge is 2.28. The first kappa shape index (κ1) is 20.5. The van der Waals surface area contributed by atoms with Crippen LogP contribution in [-0.2, 0) is 6.42 Å². The maximum atomic E-state index is 14.2. The van der Waals surface area contributed by atoms with Crippen LogP contribution < -0.4 is 21.9 Å². The molecule has 0 aliphatic carbocycles. The van der Waals surface area contributed by atoms with Gasteiger partial charge >= 0.3 is 0 Å². The molecule has 3 aromatic carbocycles. The van der Waals surface area contributed by atoms with Crippen molar-refractivity contribution in [1.82, 2.24) is 4.90 Å². The Labute approximate surface area is 184 Å². The molecule has 4 aromatic rings. The number of halogens is 1. The molecule has 3 N–H and O–H groups in total. The van der Waals surface area contributed by atoms with Crippen LogP contribution in [0.15, 0.2) is 62.7 Å². The average Bonchev–Trinajstić information content (AvgIpc) is 3.23. The lowest BCUT2D eigenvalue weighted by molar-refractivity contribution is 0.221. The molecule has 7 heteroatoms. The summed E-state index contributed by atoms with van der Waals surface area (Å²) in [5.74, 6) is -0.559. The van der Waals surface area contributed by atoms with Crippen LogP contribution in [0.25, 0.3) is 22.1 Å². The zero-order valence-corrected chi connectivity index (χ0v) is 17.6. The highest BCUT2D eigenvalue weighted by molar-refractivity contribution is 5.83. The Hall–Kier alpha value is -3.45. The number of nitrogens with zero attached hydrogens (tertiary/aromatic N) is 1. The maximum Gasteiger partial charge on any atom is 0.250 e. The van der Waals surface area contributed by atoms with Gasteiger partial charge in [0.2, 0.25) is 10.9 Å². The van der Waals surface area contributed by atoms with Crippen LogP contribution >= 0.6 is 0 Å². The number of rotatable bonds is 6. The molecule has 0 bridgehead atoms. The van der Waals surface area contributed by atoms with Crippen molar-refractivity contribution in [2.45, 2.75) is 25.3 Å². The Morgan fingerprint density at radius 2 is 1.88 bits per heavy atom. The van der Waals surface area contributed by atoms with Crippen molar-refractivity contribution in [2.24, 2.45) is 0 Å². The van der Waals surface area contributed by atoms with Crippen molar-refractivity contribution in [3.8, 4) is 11.1 Å². The lowest BCUT2D eigenvalue weighted by atomic mass is 9.95. The molecular formula is C25H24FN3O3. The van der Waals surface area contributed by atoms with Crippen LogP contribution in [-0.4, -0.2) is 30.6 Å². The summed E-state index contributed by atoms with van der Waals surface area (Å²) in [6, 6.07) is 12.1. The van der Waals surface area contributed by atoms with Gasteiger partial charge in [0, 0.05) is 42.3 Å². The van der Waals surface area contributed by atoms with Crippen molar-refractivity contribution < 1.29 is 8.81 Å². The minimum atomic E-state index is -0.665.